The van der Waals surface area contributed by atoms with Gasteiger partial charge in [-0.15, -0.1) is 0 Å². The molecule has 0 radical (unpaired) electrons. The van der Waals surface area contributed by atoms with Gasteiger partial charge in [0.1, 0.15) is 12.2 Å². The lowest BCUT2D eigenvalue weighted by molar-refractivity contribution is -0.151. The van der Waals surface area contributed by atoms with Crippen molar-refractivity contribution in [1.29, 1.82) is 0 Å². The molecule has 0 aliphatic rings. The molecule has 67 heavy (non-hydrogen) atoms. The fourth-order valence-corrected chi connectivity index (χ4v) is 9.26. The molecule has 0 spiro atoms. The van der Waals surface area contributed by atoms with Gasteiger partial charge in [0.05, 0.1) is 0 Å². The molecule has 0 rings (SSSR count). The minimum absolute atomic E-state index is 0.00871. The summed E-state index contributed by atoms with van der Waals surface area (Å²) in [5.41, 5.74) is 7.22. The summed E-state index contributed by atoms with van der Waals surface area (Å²) in [6.07, 6.45) is 51.0. The van der Waals surface area contributed by atoms with Gasteiger partial charge in [-0.1, -0.05) is 195 Å². The molecular weight excluding hydrogens is 833 g/mol. The van der Waals surface area contributed by atoms with E-state index in [0.29, 0.717) is 19.4 Å². The summed E-state index contributed by atoms with van der Waals surface area (Å²) in [6.45, 7) is 12.9. The fourth-order valence-electron chi connectivity index (χ4n) is 9.26. The normalized spacial score (nSPS) is 12.0. The second-order valence-corrected chi connectivity index (χ2v) is 20.4. The van der Waals surface area contributed by atoms with Crippen LogP contribution in [0.5, 0.6) is 0 Å². The SMILES string of the molecule is CCCCCCCCC(CCCCCCCC)OC(=O)CCCCCCCN(CCCCCCCC(=O)OC(CCCCCCCC)CCCCCCCC)CC/C(N)=C/N(N)CCCCO. The molecule has 0 aromatic rings. The van der Waals surface area contributed by atoms with Crippen LogP contribution in [0.3, 0.4) is 0 Å². The molecule has 0 aromatic heterocycles. The van der Waals surface area contributed by atoms with E-state index in [1.54, 1.807) is 5.01 Å². The number of unbranched alkanes of at least 4 members (excludes halogenated alkanes) is 29. The van der Waals surface area contributed by atoms with Gasteiger partial charge in [0.2, 0.25) is 0 Å². The summed E-state index contributed by atoms with van der Waals surface area (Å²) in [5, 5.41) is 10.8. The van der Waals surface area contributed by atoms with E-state index in [9.17, 15) is 9.59 Å². The van der Waals surface area contributed by atoms with Crippen LogP contribution < -0.4 is 11.6 Å². The number of hydrogen-bond acceptors (Lipinski definition) is 9. The van der Waals surface area contributed by atoms with Gasteiger partial charge < -0.3 is 30.2 Å². The maximum absolute atomic E-state index is 12.9. The molecule has 0 heterocycles. The van der Waals surface area contributed by atoms with Gasteiger partial charge in [-0.05, 0) is 103 Å². The van der Waals surface area contributed by atoms with Gasteiger partial charge in [-0.25, -0.2) is 5.84 Å². The first-order valence-corrected chi connectivity index (χ1v) is 29.5. The van der Waals surface area contributed by atoms with Gasteiger partial charge in [0.15, 0.2) is 0 Å². The van der Waals surface area contributed by atoms with Gasteiger partial charge in [-0.2, -0.15) is 0 Å². The highest BCUT2D eigenvalue weighted by Gasteiger charge is 2.16. The lowest BCUT2D eigenvalue weighted by Gasteiger charge is -2.23. The number of rotatable bonds is 54. The van der Waals surface area contributed by atoms with Crippen molar-refractivity contribution in [3.8, 4) is 0 Å². The third-order valence-electron chi connectivity index (χ3n) is 13.7. The molecule has 9 heteroatoms. The second-order valence-electron chi connectivity index (χ2n) is 20.4. The van der Waals surface area contributed by atoms with Crippen molar-refractivity contribution in [2.24, 2.45) is 11.6 Å². The number of hydrogen-bond donors (Lipinski definition) is 3. The maximum atomic E-state index is 12.9. The third kappa shape index (κ3) is 47.6. The Morgan fingerprint density at radius 1 is 0.418 bits per heavy atom. The Hall–Kier alpha value is -1.84. The lowest BCUT2D eigenvalue weighted by atomic mass is 10.0. The average molecular weight is 950 g/mol. The van der Waals surface area contributed by atoms with Crippen molar-refractivity contribution < 1.29 is 24.2 Å². The van der Waals surface area contributed by atoms with Crippen LogP contribution in [-0.2, 0) is 19.1 Å². The van der Waals surface area contributed by atoms with E-state index < -0.39 is 0 Å². The van der Waals surface area contributed by atoms with E-state index in [1.807, 2.05) is 6.20 Å². The number of ether oxygens (including phenoxy) is 2. The summed E-state index contributed by atoms with van der Waals surface area (Å²) in [7, 11) is 0. The highest BCUT2D eigenvalue weighted by molar-refractivity contribution is 5.69. The van der Waals surface area contributed by atoms with E-state index in [1.165, 1.54) is 154 Å². The Labute approximate surface area is 416 Å². The summed E-state index contributed by atoms with van der Waals surface area (Å²) in [5.74, 6) is 6.18. The molecule has 0 fully saturated rings. The highest BCUT2D eigenvalue weighted by atomic mass is 16.5. The van der Waals surface area contributed by atoms with Crippen LogP contribution in [0.1, 0.15) is 304 Å². The van der Waals surface area contributed by atoms with Gasteiger partial charge in [0.25, 0.3) is 0 Å². The first-order chi connectivity index (χ1) is 32.8. The minimum atomic E-state index is 0.00871. The van der Waals surface area contributed by atoms with Crippen molar-refractivity contribution in [3.63, 3.8) is 0 Å². The zero-order chi connectivity index (χ0) is 49.1. The smallest absolute Gasteiger partial charge is 0.306 e. The van der Waals surface area contributed by atoms with E-state index in [2.05, 4.69) is 32.6 Å². The predicted molar refractivity (Wildman–Crippen MR) is 288 cm³/mol. The Bertz CT molecular complexity index is 980. The van der Waals surface area contributed by atoms with E-state index in [0.717, 1.165) is 134 Å². The van der Waals surface area contributed by atoms with Gasteiger partial charge >= 0.3 is 11.9 Å². The van der Waals surface area contributed by atoms with Crippen molar-refractivity contribution in [1.82, 2.24) is 9.91 Å². The van der Waals surface area contributed by atoms with Crippen LogP contribution in [0.25, 0.3) is 0 Å². The van der Waals surface area contributed by atoms with Crippen LogP contribution in [0.15, 0.2) is 11.9 Å². The molecule has 5 N–H and O–H groups in total. The van der Waals surface area contributed by atoms with Crippen LogP contribution in [-0.4, -0.2) is 71.9 Å². The number of aliphatic hydroxyl groups excluding tert-OH is 1. The molecular formula is C58H116N4O5. The number of nitrogens with two attached hydrogens (primary N) is 2. The molecule has 0 saturated heterocycles. The largest absolute Gasteiger partial charge is 0.462 e. The van der Waals surface area contributed by atoms with Crippen LogP contribution in [0, 0.1) is 0 Å². The van der Waals surface area contributed by atoms with E-state index in [-0.39, 0.29) is 30.8 Å². The molecule has 398 valence electrons. The maximum Gasteiger partial charge on any atom is 0.306 e. The first-order valence-electron chi connectivity index (χ1n) is 29.5. The molecule has 0 bridgehead atoms. The van der Waals surface area contributed by atoms with Crippen LogP contribution >= 0.6 is 0 Å². The number of carbonyl (C=O) groups is 2. The first kappa shape index (κ1) is 65.2. The molecule has 0 aliphatic carbocycles. The number of aliphatic hydroxyl groups is 1. The van der Waals surface area contributed by atoms with Crippen molar-refractivity contribution in [2.75, 3.05) is 32.8 Å². The highest BCUT2D eigenvalue weighted by Crippen LogP contribution is 2.20. The van der Waals surface area contributed by atoms with Crippen molar-refractivity contribution in [2.45, 2.75) is 316 Å². The molecule has 0 amide bonds. The van der Waals surface area contributed by atoms with Gasteiger partial charge in [-0.3, -0.25) is 9.59 Å². The quantitative estimate of drug-likeness (QED) is 0.0236. The van der Waals surface area contributed by atoms with E-state index in [4.69, 9.17) is 26.2 Å². The molecule has 0 saturated carbocycles. The van der Waals surface area contributed by atoms with Crippen LogP contribution in [0.2, 0.25) is 0 Å². The number of carbonyl (C=O) groups excluding carboxylic acids is 2. The number of nitrogens with zero attached hydrogens (tertiary/aromatic N) is 2. The molecule has 0 aliphatic heterocycles. The summed E-state index contributed by atoms with van der Waals surface area (Å²) in [6, 6.07) is 0. The van der Waals surface area contributed by atoms with Crippen molar-refractivity contribution >= 4 is 11.9 Å². The number of esters is 2. The lowest BCUT2D eigenvalue weighted by Crippen LogP contribution is -2.30. The summed E-state index contributed by atoms with van der Waals surface area (Å²) < 4.78 is 12.2. The topological polar surface area (TPSA) is 131 Å². The molecule has 9 nitrogen and oxygen atoms in total. The Morgan fingerprint density at radius 2 is 0.731 bits per heavy atom. The zero-order valence-electron chi connectivity index (χ0n) is 45.3. The van der Waals surface area contributed by atoms with Crippen LogP contribution in [0.4, 0.5) is 0 Å². The fraction of sp³-hybridized carbons (Fsp3) is 0.931. The van der Waals surface area contributed by atoms with Crippen molar-refractivity contribution in [3.05, 3.63) is 11.9 Å². The molecule has 0 atom stereocenters. The monoisotopic (exact) mass is 949 g/mol. The second kappa shape index (κ2) is 52.0. The Morgan fingerprint density at radius 3 is 1.09 bits per heavy atom. The van der Waals surface area contributed by atoms with E-state index >= 15 is 0 Å². The van der Waals surface area contributed by atoms with Gasteiger partial charge in [0, 0.05) is 50.9 Å². The average Bonchev–Trinajstić information content (AvgIpc) is 3.31. The molecule has 0 aromatic carbocycles. The Balaban J connectivity index is 4.82. The summed E-state index contributed by atoms with van der Waals surface area (Å²) >= 11 is 0. The zero-order valence-corrected chi connectivity index (χ0v) is 45.3. The molecule has 0 unspecified atom stereocenters. The third-order valence-corrected chi connectivity index (χ3v) is 13.7. The predicted octanol–water partition coefficient (Wildman–Crippen LogP) is 15.9. The minimum Gasteiger partial charge on any atom is -0.462 e. The summed E-state index contributed by atoms with van der Waals surface area (Å²) in [4.78, 5) is 28.4. The standard InChI is InChI=1S/C58H116N4O5/c1-5-9-13-17-23-31-41-55(42-32-24-18-14-10-6-2)66-57(64)45-35-27-21-29-37-48-61(51-47-54(59)53-62(60)50-39-40-52-63)49-38-30-22-28-36-46-58(65)67-56(43-33-25-19-15-11-7-3)44-34-26-20-16-12-8-4/h53,55-56,63H,5-52,59-60H2,1-4H3/b54-53-. The number of hydrazine groups is 1. The Kier molecular flexibility index (Phi) is 50.6.